The van der Waals surface area contributed by atoms with Crippen LogP contribution in [0.15, 0.2) is 29.2 Å². The van der Waals surface area contributed by atoms with Gasteiger partial charge in [-0.25, -0.2) is 4.98 Å². The van der Waals surface area contributed by atoms with Crippen LogP contribution in [0.5, 0.6) is 23.1 Å². The first-order valence-electron chi connectivity index (χ1n) is 8.49. The molecule has 1 aromatic carbocycles. The maximum atomic E-state index is 10.4. The molecule has 0 radical (unpaired) electrons. The molecular weight excluding hydrogens is 412 g/mol. The first-order valence-corrected chi connectivity index (χ1v) is 8.90. The number of hydrogen-bond donors (Lipinski definition) is 4. The van der Waals surface area contributed by atoms with Crippen molar-refractivity contribution in [3.8, 4) is 23.1 Å². The number of benzene rings is 1. The molecule has 0 aliphatic rings. The molecule has 0 spiro atoms. The largest absolute Gasteiger partial charge is 0.860 e. The summed E-state index contributed by atoms with van der Waals surface area (Å²) in [7, 11) is 4.72. The van der Waals surface area contributed by atoms with Gasteiger partial charge in [-0.2, -0.15) is 0 Å². The summed E-state index contributed by atoms with van der Waals surface area (Å²) in [5.41, 5.74) is 12.7. The van der Waals surface area contributed by atoms with E-state index < -0.39 is 11.4 Å². The van der Waals surface area contributed by atoms with E-state index in [2.05, 4.69) is 32.2 Å². The van der Waals surface area contributed by atoms with E-state index in [1.807, 2.05) is 12.1 Å². The fourth-order valence-corrected chi connectivity index (χ4v) is 2.72. The molecule has 2 aromatic heterocycles. The van der Waals surface area contributed by atoms with Crippen molar-refractivity contribution in [3.05, 3.63) is 50.6 Å². The Kier molecular flexibility index (Phi) is 7.58. The van der Waals surface area contributed by atoms with E-state index in [4.69, 9.17) is 25.7 Å². The van der Waals surface area contributed by atoms with Crippen LogP contribution in [-0.2, 0) is 6.42 Å². The van der Waals surface area contributed by atoms with Gasteiger partial charge in [-0.1, -0.05) is 4.98 Å². The normalized spacial score (nSPS) is 9.97. The van der Waals surface area contributed by atoms with Crippen LogP contribution < -0.4 is 41.3 Å². The van der Waals surface area contributed by atoms with Crippen LogP contribution in [0, 0.1) is 4.77 Å². The monoisotopic (exact) mass is 434 g/mol. The smallest absolute Gasteiger partial charge is 0.388 e. The number of nitrogens with one attached hydrogen (secondary N) is 3. The van der Waals surface area contributed by atoms with E-state index in [0.717, 1.165) is 17.2 Å². The van der Waals surface area contributed by atoms with Gasteiger partial charge in [0.05, 0.1) is 27.5 Å². The van der Waals surface area contributed by atoms with Gasteiger partial charge >= 0.3 is 5.95 Å². The van der Waals surface area contributed by atoms with Crippen molar-refractivity contribution in [2.75, 3.05) is 32.8 Å². The van der Waals surface area contributed by atoms with Crippen molar-refractivity contribution in [2.45, 2.75) is 6.42 Å². The van der Waals surface area contributed by atoms with Crippen LogP contribution in [0.4, 0.5) is 11.8 Å². The fourth-order valence-electron chi connectivity index (χ4n) is 2.51. The van der Waals surface area contributed by atoms with E-state index >= 15 is 0 Å². The zero-order valence-corrected chi connectivity index (χ0v) is 17.4. The van der Waals surface area contributed by atoms with Gasteiger partial charge < -0.3 is 30.0 Å². The summed E-state index contributed by atoms with van der Waals surface area (Å²) in [6.07, 6.45) is 2.30. The number of methoxy groups -OCH3 is 3. The lowest BCUT2D eigenvalue weighted by Gasteiger charge is -2.14. The molecule has 2 heterocycles. The summed E-state index contributed by atoms with van der Waals surface area (Å²) in [4.78, 5) is 21.6. The summed E-state index contributed by atoms with van der Waals surface area (Å²) < 4.78 is 16.0. The average molecular weight is 434 g/mol. The first-order chi connectivity index (χ1) is 14.3. The van der Waals surface area contributed by atoms with E-state index in [1.165, 1.54) is 0 Å². The maximum Gasteiger partial charge on any atom is 0.388 e. The molecule has 0 bridgehead atoms. The molecule has 0 saturated carbocycles. The number of rotatable bonds is 5. The highest BCUT2D eigenvalue weighted by atomic mass is 32.1. The Morgan fingerprint density at radius 2 is 1.73 bits per heavy atom. The number of hydrogen-bond acceptors (Lipinski definition) is 9. The summed E-state index contributed by atoms with van der Waals surface area (Å²) >= 11 is 4.48. The van der Waals surface area contributed by atoms with Crippen LogP contribution in [0.1, 0.15) is 11.1 Å². The van der Waals surface area contributed by atoms with E-state index in [1.54, 1.807) is 27.5 Å². The molecule has 0 amide bonds. The first kappa shape index (κ1) is 22.5. The summed E-state index contributed by atoms with van der Waals surface area (Å²) in [5, 5.41) is 10.4. The predicted octanol–water partition coefficient (Wildman–Crippen LogP) is 0.183. The number of aromatic amines is 3. The van der Waals surface area contributed by atoms with Crippen LogP contribution in [-0.4, -0.2) is 36.3 Å². The topological polar surface area (TPSA) is 178 Å². The molecule has 0 atom stereocenters. The number of H-pyrrole nitrogens is 3. The van der Waals surface area contributed by atoms with E-state index in [-0.39, 0.29) is 10.7 Å². The lowest BCUT2D eigenvalue weighted by Crippen LogP contribution is -2.16. The Morgan fingerprint density at radius 1 is 1.10 bits per heavy atom. The average Bonchev–Trinajstić information content (AvgIpc) is 2.68. The zero-order chi connectivity index (χ0) is 22.3. The van der Waals surface area contributed by atoms with Crippen LogP contribution in [0.3, 0.4) is 0 Å². The molecule has 7 N–H and O–H groups in total. The molecule has 3 rings (SSSR count). The Labute approximate surface area is 176 Å². The number of nitrogens with zero attached hydrogens (tertiary/aromatic N) is 1. The fraction of sp³-hybridized carbons (Fsp3) is 0.222. The second-order valence-electron chi connectivity index (χ2n) is 5.86. The Hall–Kier alpha value is -3.80. The van der Waals surface area contributed by atoms with Crippen LogP contribution in [0.25, 0.3) is 0 Å². The number of ether oxygens (including phenoxy) is 3. The summed E-state index contributed by atoms with van der Waals surface area (Å²) in [5.74, 6) is 1.94. The molecule has 0 fully saturated rings. The third-order valence-corrected chi connectivity index (χ3v) is 4.02. The second kappa shape index (κ2) is 10.1. The Bertz CT molecular complexity index is 1080. The van der Waals surface area contributed by atoms with Crippen molar-refractivity contribution in [1.82, 2.24) is 15.0 Å². The highest BCUT2D eigenvalue weighted by Crippen LogP contribution is 2.38. The molecular formula is C18H22N6O5S. The van der Waals surface area contributed by atoms with Gasteiger partial charge in [-0.15, -0.1) is 0 Å². The standard InChI is InChI=1S/C14H18N4O3.C4H4N2O2S/c1-19-10-5-8(6-11(20-2)12(10)21-3)4-9-7-17-14(16)18-13(9)15;7-2-1-3(8)6-4(9)5-2/h5-7H,4H2,1-3H3,(H4,15,16,17,18);1H,(H3,5,6,7,8,9). The lowest BCUT2D eigenvalue weighted by atomic mass is 10.1. The number of nitrogen functional groups attached to an aromatic ring is 2. The van der Waals surface area contributed by atoms with Gasteiger partial charge in [0.2, 0.25) is 11.6 Å². The third-order valence-electron chi connectivity index (χ3n) is 3.82. The molecule has 0 aliphatic heterocycles. The van der Waals surface area contributed by atoms with Gasteiger partial charge in [-0.05, 0) is 35.8 Å². The molecule has 0 aliphatic carbocycles. The number of anilines is 2. The highest BCUT2D eigenvalue weighted by molar-refractivity contribution is 7.71. The van der Waals surface area contributed by atoms with Gasteiger partial charge in [0.1, 0.15) is 0 Å². The van der Waals surface area contributed by atoms with Crippen molar-refractivity contribution in [1.29, 1.82) is 0 Å². The van der Waals surface area contributed by atoms with E-state index in [0.29, 0.717) is 29.5 Å². The molecule has 0 saturated heterocycles. The quantitative estimate of drug-likeness (QED) is 0.408. The van der Waals surface area contributed by atoms with Crippen molar-refractivity contribution in [2.24, 2.45) is 0 Å². The highest BCUT2D eigenvalue weighted by Gasteiger charge is 2.15. The minimum atomic E-state index is -0.469. The molecule has 30 heavy (non-hydrogen) atoms. The minimum absolute atomic E-state index is 0.0625. The second-order valence-corrected chi connectivity index (χ2v) is 6.27. The Balaban J connectivity index is 0.000000297. The molecule has 11 nitrogen and oxygen atoms in total. The predicted molar refractivity (Wildman–Crippen MR) is 110 cm³/mol. The third kappa shape index (κ3) is 5.85. The lowest BCUT2D eigenvalue weighted by molar-refractivity contribution is -0.364. The summed E-state index contributed by atoms with van der Waals surface area (Å²) in [6, 6.07) is 4.64. The molecule has 3 aromatic rings. The molecule has 12 heteroatoms. The van der Waals surface area contributed by atoms with E-state index in [9.17, 15) is 9.90 Å². The molecule has 0 unspecified atom stereocenters. The van der Waals surface area contributed by atoms with Crippen molar-refractivity contribution in [3.63, 3.8) is 0 Å². The van der Waals surface area contributed by atoms with Gasteiger partial charge in [0.15, 0.2) is 16.3 Å². The Morgan fingerprint density at radius 3 is 2.20 bits per heavy atom. The van der Waals surface area contributed by atoms with Gasteiger partial charge in [0, 0.05) is 18.1 Å². The molecule has 160 valence electrons. The van der Waals surface area contributed by atoms with Crippen molar-refractivity contribution < 1.29 is 24.3 Å². The summed E-state index contributed by atoms with van der Waals surface area (Å²) in [6.45, 7) is 0. The van der Waals surface area contributed by atoms with Crippen molar-refractivity contribution >= 4 is 24.0 Å². The van der Waals surface area contributed by atoms with Gasteiger partial charge in [-0.3, -0.25) is 15.5 Å². The van der Waals surface area contributed by atoms with Gasteiger partial charge in [0.25, 0.3) is 5.56 Å². The van der Waals surface area contributed by atoms with Crippen LogP contribution in [0.2, 0.25) is 0 Å². The SMILES string of the molecule is COc1cc(Cc2c[nH+]c(N)nc2N)cc(OC)c1OC.O=c1cc([O-])[nH]c(=S)[nH]1. The maximum absolute atomic E-state index is 10.4. The van der Waals surface area contributed by atoms with Crippen LogP contribution >= 0.6 is 12.2 Å². The minimum Gasteiger partial charge on any atom is -0.860 e. The zero-order valence-electron chi connectivity index (χ0n) is 16.6. The number of nitrogens with two attached hydrogens (primary N) is 2. The number of aromatic nitrogens is 4.